The summed E-state index contributed by atoms with van der Waals surface area (Å²) in [7, 11) is 1.63. The quantitative estimate of drug-likeness (QED) is 0.863. The first-order valence-corrected chi connectivity index (χ1v) is 7.68. The van der Waals surface area contributed by atoms with Gasteiger partial charge < -0.3 is 10.1 Å². The molecule has 1 aliphatic carbocycles. The third kappa shape index (κ3) is 5.15. The fraction of sp³-hybridized carbons (Fsp3) is 0.500. The van der Waals surface area contributed by atoms with Crippen LogP contribution in [-0.2, 0) is 4.79 Å². The minimum Gasteiger partial charge on any atom is -0.495 e. The molecule has 0 bridgehead atoms. The Morgan fingerprint density at radius 2 is 2.05 bits per heavy atom. The number of carbonyl (C=O) groups excluding carboxylic acids is 1. The van der Waals surface area contributed by atoms with Crippen molar-refractivity contribution in [2.75, 3.05) is 13.7 Å². The lowest BCUT2D eigenvalue weighted by Gasteiger charge is -2.20. The van der Waals surface area contributed by atoms with Crippen molar-refractivity contribution in [1.82, 2.24) is 5.32 Å². The Hall–Kier alpha value is -1.95. The van der Waals surface area contributed by atoms with E-state index in [-0.39, 0.29) is 5.91 Å². The van der Waals surface area contributed by atoms with Crippen LogP contribution < -0.4 is 10.1 Å². The van der Waals surface area contributed by atoms with Crippen molar-refractivity contribution in [3.8, 4) is 17.6 Å². The predicted molar refractivity (Wildman–Crippen MR) is 84.1 cm³/mol. The molecule has 1 aromatic carbocycles. The molecule has 1 aliphatic rings. The summed E-state index contributed by atoms with van der Waals surface area (Å²) in [6, 6.07) is 7.63. The first-order valence-electron chi connectivity index (χ1n) is 7.68. The first kappa shape index (κ1) is 15.4. The first-order chi connectivity index (χ1) is 10.3. The third-order valence-electron chi connectivity index (χ3n) is 3.90. The average molecular weight is 285 g/mol. The average Bonchev–Trinajstić information content (AvgIpc) is 2.53. The summed E-state index contributed by atoms with van der Waals surface area (Å²) < 4.78 is 5.23. The van der Waals surface area contributed by atoms with Gasteiger partial charge in [0, 0.05) is 6.42 Å². The molecular formula is C18H23NO2. The van der Waals surface area contributed by atoms with Crippen molar-refractivity contribution in [2.45, 2.75) is 38.5 Å². The molecular weight excluding hydrogens is 262 g/mol. The lowest BCUT2D eigenvalue weighted by Crippen LogP contribution is -2.26. The van der Waals surface area contributed by atoms with Gasteiger partial charge >= 0.3 is 0 Å². The maximum atomic E-state index is 11.8. The van der Waals surface area contributed by atoms with E-state index in [1.54, 1.807) is 7.11 Å². The van der Waals surface area contributed by atoms with Crippen LogP contribution in [0.5, 0.6) is 5.75 Å². The molecule has 112 valence electrons. The lowest BCUT2D eigenvalue weighted by molar-refractivity contribution is -0.122. The third-order valence-corrected chi connectivity index (χ3v) is 3.90. The second-order valence-corrected chi connectivity index (χ2v) is 5.49. The standard InChI is InChI=1S/C18H23NO2/c1-21-17-12-6-5-10-16(17)11-7-13-19-18(20)14-15-8-3-2-4-9-15/h5-6,10,12,15H,2-4,8-9,13-14H2,1H3,(H,19,20). The normalized spacial score (nSPS) is 14.9. The van der Waals surface area contributed by atoms with Crippen LogP contribution in [0.2, 0.25) is 0 Å². The van der Waals surface area contributed by atoms with Crippen LogP contribution in [0.4, 0.5) is 0 Å². The molecule has 0 unspecified atom stereocenters. The fourth-order valence-electron chi connectivity index (χ4n) is 2.76. The Morgan fingerprint density at radius 3 is 2.81 bits per heavy atom. The van der Waals surface area contributed by atoms with Crippen LogP contribution in [-0.4, -0.2) is 19.6 Å². The highest BCUT2D eigenvalue weighted by Gasteiger charge is 2.16. The minimum atomic E-state index is 0.122. The monoisotopic (exact) mass is 285 g/mol. The molecule has 0 radical (unpaired) electrons. The molecule has 1 aromatic rings. The highest BCUT2D eigenvalue weighted by atomic mass is 16.5. The van der Waals surface area contributed by atoms with Gasteiger partial charge in [-0.15, -0.1) is 0 Å². The van der Waals surface area contributed by atoms with Crippen molar-refractivity contribution < 1.29 is 9.53 Å². The van der Waals surface area contributed by atoms with Gasteiger partial charge in [-0.05, 0) is 30.9 Å². The van der Waals surface area contributed by atoms with Gasteiger partial charge in [-0.25, -0.2) is 0 Å². The van der Waals surface area contributed by atoms with Gasteiger partial charge in [0.25, 0.3) is 0 Å². The highest BCUT2D eigenvalue weighted by Crippen LogP contribution is 2.25. The summed E-state index contributed by atoms with van der Waals surface area (Å²) in [5, 5.41) is 2.88. The van der Waals surface area contributed by atoms with E-state index in [0.29, 0.717) is 18.9 Å². The van der Waals surface area contributed by atoms with Gasteiger partial charge in [-0.1, -0.05) is 43.2 Å². The molecule has 1 fully saturated rings. The number of para-hydroxylation sites is 1. The summed E-state index contributed by atoms with van der Waals surface area (Å²) in [5.41, 5.74) is 0.849. The Morgan fingerprint density at radius 1 is 1.29 bits per heavy atom. The van der Waals surface area contributed by atoms with Gasteiger partial charge in [0.15, 0.2) is 0 Å². The molecule has 1 saturated carbocycles. The van der Waals surface area contributed by atoms with Crippen molar-refractivity contribution in [2.24, 2.45) is 5.92 Å². The van der Waals surface area contributed by atoms with Crippen LogP contribution in [0.3, 0.4) is 0 Å². The van der Waals surface area contributed by atoms with E-state index in [1.165, 1.54) is 32.1 Å². The molecule has 2 rings (SSSR count). The Bertz CT molecular complexity index is 522. The SMILES string of the molecule is COc1ccccc1C#CCNC(=O)CC1CCCCC1. The second-order valence-electron chi connectivity index (χ2n) is 5.49. The van der Waals surface area contributed by atoms with Gasteiger partial charge in [-0.2, -0.15) is 0 Å². The second kappa shape index (κ2) is 8.36. The maximum Gasteiger partial charge on any atom is 0.221 e. The summed E-state index contributed by atoms with van der Waals surface area (Å²) in [6.45, 7) is 0.392. The molecule has 0 atom stereocenters. The summed E-state index contributed by atoms with van der Waals surface area (Å²) in [4.78, 5) is 11.8. The van der Waals surface area contributed by atoms with Gasteiger partial charge in [0.05, 0.1) is 19.2 Å². The molecule has 0 aromatic heterocycles. The number of amides is 1. The summed E-state index contributed by atoms with van der Waals surface area (Å²) in [5.74, 6) is 7.47. The van der Waals surface area contributed by atoms with Crippen molar-refractivity contribution in [3.63, 3.8) is 0 Å². The maximum absolute atomic E-state index is 11.8. The molecule has 21 heavy (non-hydrogen) atoms. The van der Waals surface area contributed by atoms with E-state index in [9.17, 15) is 4.79 Å². The van der Waals surface area contributed by atoms with Crippen molar-refractivity contribution >= 4 is 5.91 Å². The number of nitrogens with one attached hydrogen (secondary N) is 1. The number of hydrogen-bond acceptors (Lipinski definition) is 2. The zero-order valence-electron chi connectivity index (χ0n) is 12.7. The molecule has 0 aliphatic heterocycles. The summed E-state index contributed by atoms with van der Waals surface area (Å²) >= 11 is 0. The van der Waals surface area contributed by atoms with Gasteiger partial charge in [0.1, 0.15) is 5.75 Å². The number of carbonyl (C=O) groups is 1. The van der Waals surface area contributed by atoms with E-state index in [2.05, 4.69) is 17.2 Å². The number of ether oxygens (including phenoxy) is 1. The van der Waals surface area contributed by atoms with E-state index >= 15 is 0 Å². The molecule has 3 heteroatoms. The number of methoxy groups -OCH3 is 1. The Labute approximate surface area is 127 Å². The molecule has 1 amide bonds. The van der Waals surface area contributed by atoms with Gasteiger partial charge in [-0.3, -0.25) is 4.79 Å². The van der Waals surface area contributed by atoms with Crippen LogP contribution in [0.25, 0.3) is 0 Å². The zero-order chi connectivity index (χ0) is 14.9. The van der Waals surface area contributed by atoms with Gasteiger partial charge in [0.2, 0.25) is 5.91 Å². The topological polar surface area (TPSA) is 38.3 Å². The predicted octanol–water partition coefficient (Wildman–Crippen LogP) is 3.13. The van der Waals surface area contributed by atoms with E-state index in [1.807, 2.05) is 24.3 Å². The van der Waals surface area contributed by atoms with Crippen LogP contribution in [0, 0.1) is 17.8 Å². The molecule has 1 N–H and O–H groups in total. The van der Waals surface area contributed by atoms with E-state index in [4.69, 9.17) is 4.74 Å². The largest absolute Gasteiger partial charge is 0.495 e. The van der Waals surface area contributed by atoms with Crippen molar-refractivity contribution in [1.29, 1.82) is 0 Å². The van der Waals surface area contributed by atoms with Crippen LogP contribution in [0.15, 0.2) is 24.3 Å². The molecule has 0 spiro atoms. The lowest BCUT2D eigenvalue weighted by atomic mass is 9.87. The molecule has 3 nitrogen and oxygen atoms in total. The molecule has 0 heterocycles. The highest BCUT2D eigenvalue weighted by molar-refractivity contribution is 5.76. The minimum absolute atomic E-state index is 0.122. The van der Waals surface area contributed by atoms with Crippen LogP contribution in [0.1, 0.15) is 44.1 Å². The van der Waals surface area contributed by atoms with E-state index < -0.39 is 0 Å². The van der Waals surface area contributed by atoms with Crippen molar-refractivity contribution in [3.05, 3.63) is 29.8 Å². The zero-order valence-corrected chi connectivity index (χ0v) is 12.7. The smallest absolute Gasteiger partial charge is 0.221 e. The number of rotatable bonds is 4. The number of benzene rings is 1. The molecule has 0 saturated heterocycles. The summed E-state index contributed by atoms with van der Waals surface area (Å²) in [6.07, 6.45) is 6.90. The van der Waals surface area contributed by atoms with Crippen LogP contribution >= 0.6 is 0 Å². The Balaban J connectivity index is 1.76. The number of hydrogen-bond donors (Lipinski definition) is 1. The van der Waals surface area contributed by atoms with E-state index in [0.717, 1.165) is 11.3 Å². The Kier molecular flexibility index (Phi) is 6.15. The fourth-order valence-corrected chi connectivity index (χ4v) is 2.76.